The molecule has 0 aliphatic heterocycles. The Bertz CT molecular complexity index is 2410. The third-order valence-electron chi connectivity index (χ3n) is 9.75. The van der Waals surface area contributed by atoms with Gasteiger partial charge < -0.3 is 0 Å². The van der Waals surface area contributed by atoms with Gasteiger partial charge in [0.1, 0.15) is 0 Å². The van der Waals surface area contributed by atoms with Crippen LogP contribution in [0.1, 0.15) is 25.0 Å². The van der Waals surface area contributed by atoms with Gasteiger partial charge in [-0.25, -0.2) is 4.98 Å². The SMILES string of the molecule is CC1(C)c2ccccc2-c2ccc(-c3c4ccccc4c(-c4cccc(-c5cncc6ccccc56)n4)c4ccccc34)cc21. The van der Waals surface area contributed by atoms with E-state index in [-0.39, 0.29) is 5.41 Å². The zero-order valence-electron chi connectivity index (χ0n) is 25.3. The molecule has 212 valence electrons. The number of hydrogen-bond donors (Lipinski definition) is 0. The highest BCUT2D eigenvalue weighted by atomic mass is 14.7. The number of fused-ring (bicyclic) bond motifs is 6. The number of rotatable bonds is 3. The Balaban J connectivity index is 1.29. The molecule has 0 saturated carbocycles. The summed E-state index contributed by atoms with van der Waals surface area (Å²) in [7, 11) is 0. The van der Waals surface area contributed by atoms with Gasteiger partial charge in [0.25, 0.3) is 0 Å². The molecule has 1 aliphatic rings. The minimum absolute atomic E-state index is 0.0612. The number of benzene rings is 6. The highest BCUT2D eigenvalue weighted by molar-refractivity contribution is 6.21. The van der Waals surface area contributed by atoms with Gasteiger partial charge in [-0.2, -0.15) is 0 Å². The maximum Gasteiger partial charge on any atom is 0.0731 e. The van der Waals surface area contributed by atoms with Crippen molar-refractivity contribution < 1.29 is 0 Å². The van der Waals surface area contributed by atoms with E-state index < -0.39 is 0 Å². The van der Waals surface area contributed by atoms with Gasteiger partial charge in [0, 0.05) is 34.3 Å². The molecule has 8 aromatic rings. The molecule has 0 bridgehead atoms. The van der Waals surface area contributed by atoms with E-state index in [2.05, 4.69) is 152 Å². The molecule has 0 N–H and O–H groups in total. The van der Waals surface area contributed by atoms with Gasteiger partial charge in [-0.05, 0) is 78.5 Å². The van der Waals surface area contributed by atoms with Crippen LogP contribution in [0.25, 0.3) is 77.1 Å². The Labute approximate surface area is 262 Å². The maximum atomic E-state index is 5.32. The van der Waals surface area contributed by atoms with E-state index >= 15 is 0 Å². The van der Waals surface area contributed by atoms with E-state index in [0.29, 0.717) is 0 Å². The Hall–Kier alpha value is -5.60. The molecule has 1 aliphatic carbocycles. The van der Waals surface area contributed by atoms with Crippen LogP contribution < -0.4 is 0 Å². The summed E-state index contributed by atoms with van der Waals surface area (Å²) < 4.78 is 0. The van der Waals surface area contributed by atoms with Gasteiger partial charge in [-0.15, -0.1) is 0 Å². The molecule has 2 heteroatoms. The van der Waals surface area contributed by atoms with Crippen molar-refractivity contribution >= 4 is 32.3 Å². The van der Waals surface area contributed by atoms with Crippen LogP contribution in [0.3, 0.4) is 0 Å². The topological polar surface area (TPSA) is 25.8 Å². The lowest BCUT2D eigenvalue weighted by molar-refractivity contribution is 0.660. The zero-order chi connectivity index (χ0) is 30.1. The highest BCUT2D eigenvalue weighted by Crippen LogP contribution is 2.51. The highest BCUT2D eigenvalue weighted by Gasteiger charge is 2.35. The molecule has 2 nitrogen and oxygen atoms in total. The quantitative estimate of drug-likeness (QED) is 0.196. The minimum Gasteiger partial charge on any atom is -0.263 e. The first-order chi connectivity index (χ1) is 22.1. The predicted octanol–water partition coefficient (Wildman–Crippen LogP) is 11.2. The van der Waals surface area contributed by atoms with Crippen molar-refractivity contribution in [2.75, 3.05) is 0 Å². The van der Waals surface area contributed by atoms with Crippen LogP contribution in [0.5, 0.6) is 0 Å². The molecule has 0 fully saturated rings. The normalized spacial score (nSPS) is 13.3. The molecular weight excluding hydrogens is 544 g/mol. The summed E-state index contributed by atoms with van der Waals surface area (Å²) in [6.45, 7) is 4.70. The first kappa shape index (κ1) is 25.9. The average Bonchev–Trinajstić information content (AvgIpc) is 3.32. The number of nitrogens with zero attached hydrogens (tertiary/aromatic N) is 2. The molecular formula is C43H30N2. The minimum atomic E-state index is -0.0612. The molecule has 0 unspecified atom stereocenters. The van der Waals surface area contributed by atoms with Crippen LogP contribution in [0, 0.1) is 0 Å². The van der Waals surface area contributed by atoms with Crippen LogP contribution >= 0.6 is 0 Å². The van der Waals surface area contributed by atoms with Gasteiger partial charge in [0.2, 0.25) is 0 Å². The third kappa shape index (κ3) is 3.82. The molecule has 2 heterocycles. The smallest absolute Gasteiger partial charge is 0.0731 e. The van der Waals surface area contributed by atoms with Gasteiger partial charge >= 0.3 is 0 Å². The van der Waals surface area contributed by atoms with Crippen molar-refractivity contribution in [2.45, 2.75) is 19.3 Å². The fourth-order valence-corrected chi connectivity index (χ4v) is 7.62. The summed E-state index contributed by atoms with van der Waals surface area (Å²) in [5, 5.41) is 7.15. The first-order valence-electron chi connectivity index (χ1n) is 15.6. The summed E-state index contributed by atoms with van der Waals surface area (Å²) in [6, 6.07) is 48.3. The van der Waals surface area contributed by atoms with E-state index in [0.717, 1.165) is 33.3 Å². The van der Waals surface area contributed by atoms with Crippen molar-refractivity contribution in [3.63, 3.8) is 0 Å². The predicted molar refractivity (Wildman–Crippen MR) is 188 cm³/mol. The molecule has 9 rings (SSSR count). The molecule has 0 saturated heterocycles. The van der Waals surface area contributed by atoms with Crippen LogP contribution in [0.4, 0.5) is 0 Å². The molecule has 2 aromatic heterocycles. The molecule has 6 aromatic carbocycles. The Morgan fingerprint density at radius 3 is 1.80 bits per heavy atom. The average molecular weight is 575 g/mol. The van der Waals surface area contributed by atoms with Gasteiger partial charge in [-0.1, -0.05) is 129 Å². The third-order valence-corrected chi connectivity index (χ3v) is 9.75. The summed E-state index contributed by atoms with van der Waals surface area (Å²) in [5.41, 5.74) is 12.0. The first-order valence-corrected chi connectivity index (χ1v) is 15.6. The van der Waals surface area contributed by atoms with Crippen molar-refractivity contribution in [3.05, 3.63) is 157 Å². The standard InChI is InChI=1S/C43H30N2/c1-43(2)37-19-10-9-14-30(37)31-23-22-27(24-38(31)43)41-32-15-5-7-17-34(32)42(35-18-8-6-16-33(35)41)40-21-11-20-39(45-40)36-26-44-25-28-12-3-4-13-29(28)36/h3-26H,1-2H3. The lowest BCUT2D eigenvalue weighted by atomic mass is 9.80. The number of pyridine rings is 2. The summed E-state index contributed by atoms with van der Waals surface area (Å²) in [5.74, 6) is 0. The van der Waals surface area contributed by atoms with Gasteiger partial charge in [-0.3, -0.25) is 4.98 Å². The second kappa shape index (κ2) is 9.70. The summed E-state index contributed by atoms with van der Waals surface area (Å²) in [6.07, 6.45) is 3.85. The molecule has 0 amide bonds. The second-order valence-corrected chi connectivity index (χ2v) is 12.6. The van der Waals surface area contributed by atoms with E-state index in [4.69, 9.17) is 4.98 Å². The lowest BCUT2D eigenvalue weighted by Gasteiger charge is -2.23. The molecule has 45 heavy (non-hydrogen) atoms. The van der Waals surface area contributed by atoms with Crippen LogP contribution in [-0.2, 0) is 5.41 Å². The Kier molecular flexibility index (Phi) is 5.58. The molecule has 0 spiro atoms. The maximum absolute atomic E-state index is 5.32. The van der Waals surface area contributed by atoms with Crippen molar-refractivity contribution in [3.8, 4) is 44.8 Å². The summed E-state index contributed by atoms with van der Waals surface area (Å²) >= 11 is 0. The largest absolute Gasteiger partial charge is 0.263 e. The zero-order valence-corrected chi connectivity index (χ0v) is 25.3. The molecule has 0 atom stereocenters. The van der Waals surface area contributed by atoms with Gasteiger partial charge in [0.05, 0.1) is 11.4 Å². The van der Waals surface area contributed by atoms with Crippen LogP contribution in [0.2, 0.25) is 0 Å². The van der Waals surface area contributed by atoms with Crippen LogP contribution in [0.15, 0.2) is 146 Å². The van der Waals surface area contributed by atoms with Gasteiger partial charge in [0.15, 0.2) is 0 Å². The van der Waals surface area contributed by atoms with E-state index in [1.807, 2.05) is 12.4 Å². The number of hydrogen-bond acceptors (Lipinski definition) is 2. The fraction of sp³-hybridized carbons (Fsp3) is 0.0698. The van der Waals surface area contributed by atoms with E-state index in [9.17, 15) is 0 Å². The Morgan fingerprint density at radius 1 is 0.444 bits per heavy atom. The van der Waals surface area contributed by atoms with Crippen molar-refractivity contribution in [1.82, 2.24) is 9.97 Å². The van der Waals surface area contributed by atoms with Crippen molar-refractivity contribution in [1.29, 1.82) is 0 Å². The molecule has 0 radical (unpaired) electrons. The monoisotopic (exact) mass is 574 g/mol. The lowest BCUT2D eigenvalue weighted by Crippen LogP contribution is -2.14. The fourth-order valence-electron chi connectivity index (χ4n) is 7.62. The second-order valence-electron chi connectivity index (χ2n) is 12.6. The summed E-state index contributed by atoms with van der Waals surface area (Å²) in [4.78, 5) is 9.86. The number of aromatic nitrogens is 2. The van der Waals surface area contributed by atoms with Crippen LogP contribution in [-0.4, -0.2) is 9.97 Å². The van der Waals surface area contributed by atoms with E-state index in [1.165, 1.54) is 54.9 Å². The Morgan fingerprint density at radius 2 is 1.04 bits per heavy atom. The van der Waals surface area contributed by atoms with E-state index in [1.54, 1.807) is 0 Å². The van der Waals surface area contributed by atoms with Crippen molar-refractivity contribution in [2.24, 2.45) is 0 Å².